The first-order valence-corrected chi connectivity index (χ1v) is 15.8. The van der Waals surface area contributed by atoms with Crippen LogP contribution in [0.1, 0.15) is 47.6 Å². The van der Waals surface area contributed by atoms with Crippen LogP contribution in [-0.2, 0) is 26.0 Å². The summed E-state index contributed by atoms with van der Waals surface area (Å²) in [5.74, 6) is -2.07. The van der Waals surface area contributed by atoms with Crippen LogP contribution in [0, 0.1) is 6.92 Å². The quantitative estimate of drug-likeness (QED) is 0.169. The Balaban J connectivity index is 1.46. The van der Waals surface area contributed by atoms with Crippen LogP contribution in [0.25, 0.3) is 10.4 Å². The Morgan fingerprint density at radius 3 is 2.42 bits per heavy atom. The van der Waals surface area contributed by atoms with E-state index in [4.69, 9.17) is 10.9 Å². The molecular weight excluding hydrogens is 639 g/mol. The van der Waals surface area contributed by atoms with E-state index in [-0.39, 0.29) is 29.4 Å². The van der Waals surface area contributed by atoms with Crippen molar-refractivity contribution in [1.29, 1.82) is 0 Å². The van der Waals surface area contributed by atoms with Crippen LogP contribution in [0.15, 0.2) is 42.6 Å². The first-order valence-electron chi connectivity index (χ1n) is 13.3. The van der Waals surface area contributed by atoms with Gasteiger partial charge in [0.15, 0.2) is 5.13 Å². The van der Waals surface area contributed by atoms with Gasteiger partial charge in [0.25, 0.3) is 5.91 Å². The number of primary amides is 1. The van der Waals surface area contributed by atoms with Crippen LogP contribution in [0.2, 0.25) is 0 Å². The summed E-state index contributed by atoms with van der Waals surface area (Å²) in [6.45, 7) is 3.49. The zero-order chi connectivity index (χ0) is 33.3. The van der Waals surface area contributed by atoms with Gasteiger partial charge in [-0.1, -0.05) is 23.5 Å². The fourth-order valence-corrected chi connectivity index (χ4v) is 7.03. The Bertz CT molecular complexity index is 1710. The van der Waals surface area contributed by atoms with Gasteiger partial charge in [-0.25, -0.2) is 28.4 Å². The summed E-state index contributed by atoms with van der Waals surface area (Å²) < 4.78 is 68.9. The highest BCUT2D eigenvalue weighted by Crippen LogP contribution is 2.41. The summed E-state index contributed by atoms with van der Waals surface area (Å²) in [6.07, 6.45) is -3.36. The minimum absolute atomic E-state index is 0.0888. The van der Waals surface area contributed by atoms with Gasteiger partial charge in [0, 0.05) is 24.3 Å². The van der Waals surface area contributed by atoms with Crippen molar-refractivity contribution in [3.05, 3.63) is 65.1 Å². The summed E-state index contributed by atoms with van der Waals surface area (Å²) in [5.41, 5.74) is 5.91. The molecular formula is C27H30F3N7O6S2. The van der Waals surface area contributed by atoms with E-state index in [0.717, 1.165) is 30.1 Å². The van der Waals surface area contributed by atoms with E-state index in [0.29, 0.717) is 21.7 Å². The highest BCUT2D eigenvalue weighted by atomic mass is 32.2. The highest BCUT2D eigenvalue weighted by Gasteiger charge is 2.49. The van der Waals surface area contributed by atoms with Crippen LogP contribution >= 0.6 is 11.3 Å². The molecule has 18 heteroatoms. The lowest BCUT2D eigenvalue weighted by atomic mass is 9.87. The molecule has 1 aliphatic rings. The number of pyridine rings is 1. The number of alkyl halides is 3. The number of halogens is 3. The van der Waals surface area contributed by atoms with E-state index < -0.39 is 57.3 Å². The first kappa shape index (κ1) is 33.8. The molecule has 2 atom stereocenters. The zero-order valence-corrected chi connectivity index (χ0v) is 25.8. The second-order valence-corrected chi connectivity index (χ2v) is 13.7. The maximum Gasteiger partial charge on any atom is 0.399 e. The molecule has 6 N–H and O–H groups in total. The largest absolute Gasteiger partial charge is 0.399 e. The fraction of sp³-hybridized carbons (Fsp3) is 0.370. The molecule has 0 bridgehead atoms. The number of amides is 4. The highest BCUT2D eigenvalue weighted by molar-refractivity contribution is 7.88. The number of nitrogens with two attached hydrogens (primary N) is 1. The fourth-order valence-electron chi connectivity index (χ4n) is 4.69. The molecule has 3 aromatic rings. The lowest BCUT2D eigenvalue weighted by Gasteiger charge is -2.27. The molecule has 4 rings (SSSR count). The zero-order valence-electron chi connectivity index (χ0n) is 24.2. The predicted octanol–water partition coefficient (Wildman–Crippen LogP) is 3.05. The molecule has 13 nitrogen and oxygen atoms in total. The van der Waals surface area contributed by atoms with E-state index in [1.54, 1.807) is 6.92 Å². The van der Waals surface area contributed by atoms with E-state index in [2.05, 4.69) is 20.0 Å². The van der Waals surface area contributed by atoms with Gasteiger partial charge < -0.3 is 10.6 Å². The maximum atomic E-state index is 13.6. The number of nitrogens with one attached hydrogen (secondary N) is 3. The average Bonchev–Trinajstić information content (AvgIpc) is 3.55. The van der Waals surface area contributed by atoms with Crippen molar-refractivity contribution < 1.29 is 41.2 Å². The summed E-state index contributed by atoms with van der Waals surface area (Å²) in [6, 6.07) is 5.57. The number of carbonyl (C=O) groups excluding carboxylic acids is 3. The van der Waals surface area contributed by atoms with Crippen LogP contribution in [-0.4, -0.2) is 71.1 Å². The second-order valence-electron chi connectivity index (χ2n) is 10.9. The third-order valence-corrected chi connectivity index (χ3v) is 9.82. The minimum atomic E-state index is -4.54. The number of urea groups is 1. The molecule has 0 saturated carbocycles. The standard InChI is InChI=1S/C27H30F3N7O6S2/c1-14-21(17-8-9-32-20(10-17)26(2,3)27(28,29)30)44-24(33-14)34-25(40)37-12-18(11-19(37)22(31)38)36-45(42,43)13-15-4-6-16(7-5-15)23(39)35-41/h4-10,18-19,36,41H,11-13H2,1-3H3,(H2,31,38)(H,35,39)(H,33,34,40)/t18-,19+/m1/s1. The summed E-state index contributed by atoms with van der Waals surface area (Å²) >= 11 is 1.01. The summed E-state index contributed by atoms with van der Waals surface area (Å²) in [5, 5.41) is 11.4. The number of anilines is 1. The molecule has 1 aliphatic heterocycles. The third-order valence-electron chi connectivity index (χ3n) is 7.29. The van der Waals surface area contributed by atoms with Crippen molar-refractivity contribution >= 4 is 44.3 Å². The van der Waals surface area contributed by atoms with Crippen molar-refractivity contribution in [3.8, 4) is 10.4 Å². The smallest absolute Gasteiger partial charge is 0.368 e. The Kier molecular flexibility index (Phi) is 9.53. The van der Waals surface area contributed by atoms with Gasteiger partial charge in [-0.2, -0.15) is 13.2 Å². The van der Waals surface area contributed by atoms with E-state index >= 15 is 0 Å². The van der Waals surface area contributed by atoms with Crippen LogP contribution < -0.4 is 21.3 Å². The Hall–Kier alpha value is -4.13. The number of sulfonamides is 1. The molecule has 0 unspecified atom stereocenters. The van der Waals surface area contributed by atoms with Gasteiger partial charge >= 0.3 is 12.2 Å². The van der Waals surface area contributed by atoms with Crippen molar-refractivity contribution in [2.24, 2.45) is 5.73 Å². The number of hydroxylamine groups is 1. The number of nitrogens with zero attached hydrogens (tertiary/aromatic N) is 3. The molecule has 2 aromatic heterocycles. The molecule has 1 aromatic carbocycles. The molecule has 3 heterocycles. The van der Waals surface area contributed by atoms with E-state index in [1.807, 2.05) is 0 Å². The normalized spacial score (nSPS) is 17.3. The number of aromatic nitrogens is 2. The predicted molar refractivity (Wildman–Crippen MR) is 158 cm³/mol. The second kappa shape index (κ2) is 12.7. The van der Waals surface area contributed by atoms with Gasteiger partial charge in [-0.3, -0.25) is 25.1 Å². The summed E-state index contributed by atoms with van der Waals surface area (Å²) in [7, 11) is -3.97. The Morgan fingerprint density at radius 2 is 1.82 bits per heavy atom. The molecule has 0 radical (unpaired) electrons. The minimum Gasteiger partial charge on any atom is -0.368 e. The molecule has 1 saturated heterocycles. The van der Waals surface area contributed by atoms with Crippen LogP contribution in [0.3, 0.4) is 0 Å². The van der Waals surface area contributed by atoms with Crippen molar-refractivity contribution in [2.75, 3.05) is 11.9 Å². The first-order chi connectivity index (χ1) is 20.9. The third kappa shape index (κ3) is 7.58. The lowest BCUT2D eigenvalue weighted by Crippen LogP contribution is -2.46. The summed E-state index contributed by atoms with van der Waals surface area (Å²) in [4.78, 5) is 46.7. The lowest BCUT2D eigenvalue weighted by molar-refractivity contribution is -0.181. The average molecular weight is 670 g/mol. The number of hydrogen-bond acceptors (Lipinski definition) is 9. The van der Waals surface area contributed by atoms with Crippen molar-refractivity contribution in [1.82, 2.24) is 25.1 Å². The molecule has 4 amide bonds. The van der Waals surface area contributed by atoms with Gasteiger partial charge in [-0.15, -0.1) is 0 Å². The maximum absolute atomic E-state index is 13.6. The van der Waals surface area contributed by atoms with Crippen molar-refractivity contribution in [3.63, 3.8) is 0 Å². The Morgan fingerprint density at radius 1 is 1.16 bits per heavy atom. The van der Waals surface area contributed by atoms with Gasteiger partial charge in [0.05, 0.1) is 22.0 Å². The van der Waals surface area contributed by atoms with Gasteiger partial charge in [-0.05, 0) is 62.6 Å². The number of rotatable bonds is 9. The number of hydrogen-bond donors (Lipinski definition) is 5. The molecule has 242 valence electrons. The molecule has 0 spiro atoms. The van der Waals surface area contributed by atoms with Crippen LogP contribution in [0.4, 0.5) is 23.1 Å². The molecule has 0 aliphatic carbocycles. The number of thiazole rings is 1. The topological polar surface area (TPSA) is 197 Å². The number of likely N-dealkylation sites (tertiary alicyclic amines) is 1. The van der Waals surface area contributed by atoms with Crippen molar-refractivity contribution in [2.45, 2.75) is 56.6 Å². The van der Waals surface area contributed by atoms with E-state index in [9.17, 15) is 36.0 Å². The number of aryl methyl sites for hydroxylation is 1. The number of benzene rings is 1. The Labute approximate surface area is 260 Å². The molecule has 45 heavy (non-hydrogen) atoms. The van der Waals surface area contributed by atoms with Gasteiger partial charge in [0.1, 0.15) is 11.5 Å². The monoisotopic (exact) mass is 669 g/mol. The van der Waals surface area contributed by atoms with Crippen LogP contribution in [0.5, 0.6) is 0 Å². The van der Waals surface area contributed by atoms with E-state index in [1.165, 1.54) is 48.1 Å². The van der Waals surface area contributed by atoms with Gasteiger partial charge in [0.2, 0.25) is 15.9 Å². The SMILES string of the molecule is Cc1nc(NC(=O)N2C[C@H](NS(=O)(=O)Cc3ccc(C(=O)NO)cc3)C[C@H]2C(N)=O)sc1-c1ccnc(C(C)(C)C(F)(F)F)c1. The molecule has 1 fully saturated rings. The number of carbonyl (C=O) groups is 3.